The Hall–Kier alpha value is -7.33. The van der Waals surface area contributed by atoms with Crippen molar-refractivity contribution in [1.29, 1.82) is 0 Å². The van der Waals surface area contributed by atoms with Gasteiger partial charge in [-0.1, -0.05) is 188 Å². The molecule has 72 heavy (non-hydrogen) atoms. The van der Waals surface area contributed by atoms with Crippen LogP contribution in [0.1, 0.15) is 78.9 Å². The maximum atomic E-state index is 9.32. The van der Waals surface area contributed by atoms with Gasteiger partial charge in [0.2, 0.25) is 0 Å². The number of hydrogen-bond acceptors (Lipinski definition) is 2. The second-order valence-electron chi connectivity index (χ2n) is 20.9. The fourth-order valence-corrected chi connectivity index (χ4v) is 9.61. The molecule has 0 fully saturated rings. The summed E-state index contributed by atoms with van der Waals surface area (Å²) in [5.41, 5.74) is 12.1. The van der Waals surface area contributed by atoms with E-state index in [0.29, 0.717) is 34.4 Å². The molecular weight excluding hydrogens is 1060 g/mol. The summed E-state index contributed by atoms with van der Waals surface area (Å²) in [5.74, 6) is 2.28. The van der Waals surface area contributed by atoms with Crippen molar-refractivity contribution in [3.63, 3.8) is 0 Å². The minimum absolute atomic E-state index is 0. The molecule has 0 atom stereocenters. The van der Waals surface area contributed by atoms with Crippen molar-refractivity contribution < 1.29 is 37.2 Å². The Balaban J connectivity index is 0.00000672. The van der Waals surface area contributed by atoms with Crippen molar-refractivity contribution in [2.24, 2.45) is 5.92 Å². The summed E-state index contributed by atoms with van der Waals surface area (Å²) in [6, 6.07) is 56.8. The zero-order chi connectivity index (χ0) is 53.4. The van der Waals surface area contributed by atoms with Gasteiger partial charge in [-0.05, 0) is 109 Å². The van der Waals surface area contributed by atoms with Crippen LogP contribution in [0.4, 0.5) is 0 Å². The van der Waals surface area contributed by atoms with Crippen LogP contribution >= 0.6 is 0 Å². The first-order chi connectivity index (χ1) is 36.3. The van der Waals surface area contributed by atoms with Gasteiger partial charge < -0.3 is 13.9 Å². The van der Waals surface area contributed by atoms with E-state index in [1.54, 1.807) is 0 Å². The van der Waals surface area contributed by atoms with Crippen LogP contribution in [0.15, 0.2) is 188 Å². The molecule has 11 rings (SSSR count). The summed E-state index contributed by atoms with van der Waals surface area (Å²) in [4.78, 5) is 4.86. The van der Waals surface area contributed by atoms with Gasteiger partial charge in [-0.25, -0.2) is 4.98 Å². The van der Waals surface area contributed by atoms with E-state index in [-0.39, 0.29) is 49.5 Å². The third-order valence-corrected chi connectivity index (χ3v) is 13.2. The third-order valence-electron chi connectivity index (χ3n) is 13.2. The molecule has 0 spiro atoms. The Kier molecular flexibility index (Phi) is 11.4. The average molecular weight is 1120 g/mol. The second kappa shape index (κ2) is 19.4. The first kappa shape index (κ1) is 42.4. The zero-order valence-electron chi connectivity index (χ0n) is 46.8. The average Bonchev–Trinajstić information content (AvgIpc) is 4.00. The van der Waals surface area contributed by atoms with Gasteiger partial charge in [0.1, 0.15) is 5.82 Å². The number of rotatable bonds is 10. The predicted molar refractivity (Wildman–Crippen MR) is 292 cm³/mol. The third kappa shape index (κ3) is 9.35. The van der Waals surface area contributed by atoms with E-state index in [9.17, 15) is 2.74 Å². The van der Waals surface area contributed by atoms with Gasteiger partial charge in [0.25, 0.3) is 6.33 Å². The first-order valence-electron chi connectivity index (χ1n) is 26.9. The molecule has 5 nitrogen and oxygen atoms in total. The van der Waals surface area contributed by atoms with E-state index < -0.39 is 18.1 Å². The fourth-order valence-electron chi connectivity index (χ4n) is 9.61. The summed E-state index contributed by atoms with van der Waals surface area (Å²) >= 11 is 0. The molecular formula is C66H58N4OPt-2. The smallest absolute Gasteiger partial charge is 0.268 e. The molecule has 0 aliphatic carbocycles. The topological polar surface area (TPSA) is 35.9 Å². The van der Waals surface area contributed by atoms with Crippen LogP contribution < -0.4 is 9.30 Å². The van der Waals surface area contributed by atoms with Crippen molar-refractivity contribution in [2.45, 2.75) is 72.6 Å². The monoisotopic (exact) mass is 1120 g/mol. The molecule has 0 bridgehead atoms. The Morgan fingerprint density at radius 3 is 2.04 bits per heavy atom. The predicted octanol–water partition coefficient (Wildman–Crippen LogP) is 16.4. The second-order valence-corrected chi connectivity index (χ2v) is 20.9. The molecule has 3 heterocycles. The Bertz CT molecular complexity index is 4010. The normalized spacial score (nSPS) is 12.9. The van der Waals surface area contributed by atoms with Crippen LogP contribution in [-0.2, 0) is 38.3 Å². The van der Waals surface area contributed by atoms with Crippen LogP contribution in [0.5, 0.6) is 11.5 Å². The van der Waals surface area contributed by atoms with Crippen molar-refractivity contribution in [3.05, 3.63) is 223 Å². The summed E-state index contributed by atoms with van der Waals surface area (Å²) in [7, 11) is 0. The van der Waals surface area contributed by atoms with Gasteiger partial charge in [0.05, 0.1) is 23.6 Å². The number of benzene rings is 8. The molecule has 0 radical (unpaired) electrons. The van der Waals surface area contributed by atoms with Crippen molar-refractivity contribution >= 4 is 32.8 Å². The maximum Gasteiger partial charge on any atom is 0.268 e. The molecule has 0 aliphatic heterocycles. The summed E-state index contributed by atoms with van der Waals surface area (Å²) in [5, 5.41) is 2.13. The SMILES string of the molecule is [2H]c1c([2H])c([2H])c(-c2cccc(-c3cc(C(C)(C)C)cc(C(C)(C)C)c3)c2-[n+]2[c-]n(-c3[c-]c(Oc4[c-]c5c(cc4)c4ccccc4n5-c4cc(CC(C)C)ccn4)ccc3)c3cc(-c4ccccc4)ccc32)c([2H])c1[2H].[Pt]. The molecule has 360 valence electrons. The number of para-hydroxylation sites is 2. The van der Waals surface area contributed by atoms with Gasteiger partial charge in [0.15, 0.2) is 0 Å². The number of nitrogens with zero attached hydrogens (tertiary/aromatic N) is 4. The van der Waals surface area contributed by atoms with Gasteiger partial charge in [-0.3, -0.25) is 4.57 Å². The maximum absolute atomic E-state index is 9.32. The zero-order valence-corrected chi connectivity index (χ0v) is 44.1. The van der Waals surface area contributed by atoms with Crippen molar-refractivity contribution in [2.75, 3.05) is 0 Å². The molecule has 3 aromatic heterocycles. The molecule has 0 amide bonds. The fraction of sp³-hybridized carbons (Fsp3) is 0.182. The Labute approximate surface area is 445 Å². The number of aromatic nitrogens is 4. The Morgan fingerprint density at radius 2 is 1.31 bits per heavy atom. The van der Waals surface area contributed by atoms with E-state index in [4.69, 9.17) is 13.8 Å². The molecule has 0 unspecified atom stereocenters. The van der Waals surface area contributed by atoms with Gasteiger partial charge in [0, 0.05) is 44.3 Å². The number of pyridine rings is 1. The van der Waals surface area contributed by atoms with E-state index in [1.807, 2.05) is 76.0 Å². The quantitative estimate of drug-likeness (QED) is 0.101. The molecule has 0 N–H and O–H groups in total. The number of ether oxygens (including phenoxy) is 1. The van der Waals surface area contributed by atoms with Crippen LogP contribution in [-0.4, -0.2) is 14.1 Å². The van der Waals surface area contributed by atoms with E-state index >= 15 is 0 Å². The number of fused-ring (bicyclic) bond motifs is 4. The molecule has 11 aromatic rings. The molecule has 0 saturated carbocycles. The van der Waals surface area contributed by atoms with Crippen molar-refractivity contribution in [1.82, 2.24) is 14.1 Å². The Morgan fingerprint density at radius 1 is 0.611 bits per heavy atom. The van der Waals surface area contributed by atoms with Crippen LogP contribution in [0, 0.1) is 24.4 Å². The number of imidazole rings is 1. The molecule has 8 aromatic carbocycles. The van der Waals surface area contributed by atoms with Crippen LogP contribution in [0.25, 0.3) is 83.4 Å². The summed E-state index contributed by atoms with van der Waals surface area (Å²) in [6.07, 6.45) is 6.56. The van der Waals surface area contributed by atoms with E-state index in [2.05, 4.69) is 169 Å². The van der Waals surface area contributed by atoms with Gasteiger partial charge in [-0.15, -0.1) is 29.7 Å². The molecule has 0 aliphatic rings. The molecule has 6 heteroatoms. The van der Waals surface area contributed by atoms with Gasteiger partial charge in [-0.2, -0.15) is 18.2 Å². The van der Waals surface area contributed by atoms with Crippen molar-refractivity contribution in [3.8, 4) is 62.1 Å². The molecule has 0 saturated heterocycles. The van der Waals surface area contributed by atoms with E-state index in [0.717, 1.165) is 78.5 Å². The van der Waals surface area contributed by atoms with Crippen LogP contribution in [0.3, 0.4) is 0 Å². The van der Waals surface area contributed by atoms with E-state index in [1.165, 1.54) is 5.56 Å². The summed E-state index contributed by atoms with van der Waals surface area (Å²) < 4.78 is 57.6. The standard InChI is InChI=1S/C66H58N4O.Pt/c1-44(2)35-45-33-34-67-63(36-45)70-59-28-16-15-25-57(59)58-31-30-54(42-61(58)70)71-53-24-17-23-52(41-53)68-43-69(60-32-29-48(39-62(60)68)46-19-11-9-12-20-46)64-55(47-21-13-10-14-22-47)26-18-27-56(64)49-37-50(65(3,4)5)40-51(38-49)66(6,7)8;/h9-34,36-40,44H,35H2,1-8H3;/q-2;/i10D,13D,14D,21D,22D;. The van der Waals surface area contributed by atoms with Crippen LogP contribution in [0.2, 0.25) is 0 Å². The summed E-state index contributed by atoms with van der Waals surface area (Å²) in [6.45, 7) is 17.7. The first-order valence-corrected chi connectivity index (χ1v) is 24.4. The minimum atomic E-state index is -0.449. The minimum Gasteiger partial charge on any atom is -0.510 e. The van der Waals surface area contributed by atoms with Gasteiger partial charge >= 0.3 is 0 Å². The number of hydrogen-bond donors (Lipinski definition) is 0. The largest absolute Gasteiger partial charge is 0.510 e.